The van der Waals surface area contributed by atoms with E-state index in [1.807, 2.05) is 24.3 Å². The van der Waals surface area contributed by atoms with Gasteiger partial charge in [-0.05, 0) is 29.7 Å². The molecule has 0 spiro atoms. The second kappa shape index (κ2) is 11.8. The third kappa shape index (κ3) is 6.66. The molecule has 10 heteroatoms. The number of benzene rings is 2. The van der Waals surface area contributed by atoms with Gasteiger partial charge in [-0.1, -0.05) is 41.6 Å². The van der Waals surface area contributed by atoms with E-state index in [1.54, 1.807) is 42.4 Å². The van der Waals surface area contributed by atoms with Crippen LogP contribution in [0, 0.1) is 11.3 Å². The maximum atomic E-state index is 12.2. The molecule has 2 aromatic rings. The third-order valence-electron chi connectivity index (χ3n) is 5.84. The summed E-state index contributed by atoms with van der Waals surface area (Å²) >= 11 is 0. The van der Waals surface area contributed by atoms with Gasteiger partial charge in [-0.25, -0.2) is 4.79 Å². The minimum Gasteiger partial charge on any atom is -0.469 e. The van der Waals surface area contributed by atoms with Crippen LogP contribution in [0.3, 0.4) is 0 Å². The number of likely N-dealkylation sites (tertiary alicyclic amines) is 1. The normalized spacial score (nSPS) is 17.7. The van der Waals surface area contributed by atoms with E-state index in [-0.39, 0.29) is 30.2 Å². The van der Waals surface area contributed by atoms with E-state index < -0.39 is 12.0 Å². The van der Waals surface area contributed by atoms with Crippen molar-refractivity contribution in [2.24, 2.45) is 11.1 Å². The van der Waals surface area contributed by atoms with Crippen LogP contribution in [0.5, 0.6) is 5.75 Å². The van der Waals surface area contributed by atoms with Crippen molar-refractivity contribution in [1.29, 1.82) is 5.41 Å². The second-order valence-electron chi connectivity index (χ2n) is 8.03. The zero-order valence-corrected chi connectivity index (χ0v) is 19.8. The Kier molecular flexibility index (Phi) is 8.55. The minimum atomic E-state index is -0.693. The van der Waals surface area contributed by atoms with Crippen molar-refractivity contribution < 1.29 is 28.7 Å². The van der Waals surface area contributed by atoms with Gasteiger partial charge in [0, 0.05) is 37.7 Å². The van der Waals surface area contributed by atoms with E-state index in [1.165, 1.54) is 14.2 Å². The molecule has 0 bridgehead atoms. The molecule has 0 aromatic heterocycles. The summed E-state index contributed by atoms with van der Waals surface area (Å²) in [5.74, 6) is -0.387. The number of rotatable bonds is 7. The number of carbonyl (C=O) groups excluding carboxylic acids is 3. The number of hydrogen-bond acceptors (Lipinski definition) is 8. The molecule has 1 aliphatic rings. The van der Waals surface area contributed by atoms with E-state index in [0.717, 1.165) is 11.1 Å². The molecule has 2 N–H and O–H groups in total. The van der Waals surface area contributed by atoms with Crippen LogP contribution in [0.25, 0.3) is 11.1 Å². The molecule has 10 nitrogen and oxygen atoms in total. The number of nitrogens with zero attached hydrogens (tertiary/aromatic N) is 2. The standard InChI is InChI=1S/C25H28N4O6/c1-29-20(14-19(15-22(29)30)24(31)33-2)12-13-27-35-21-10-8-17(9-11-21)16-4-6-18(7-5-16)23(26)28-25(32)34-3/h4-11,13,19-20H,12,14-15H2,1-3H3,(H2,26,28,32)/t19-,20+/m0/s1. The molecule has 3 rings (SSSR count). The first kappa shape index (κ1) is 25.4. The lowest BCUT2D eigenvalue weighted by atomic mass is 9.89. The van der Waals surface area contributed by atoms with Gasteiger partial charge in [0.25, 0.3) is 0 Å². The molecule has 2 aromatic carbocycles. The third-order valence-corrected chi connectivity index (χ3v) is 5.84. The lowest BCUT2D eigenvalue weighted by molar-refractivity contribution is -0.153. The lowest BCUT2D eigenvalue weighted by Crippen LogP contribution is -2.46. The number of amides is 2. The van der Waals surface area contributed by atoms with Gasteiger partial charge in [0.15, 0.2) is 5.75 Å². The van der Waals surface area contributed by atoms with Crippen LogP contribution in [0.1, 0.15) is 24.8 Å². The van der Waals surface area contributed by atoms with Crippen molar-refractivity contribution in [3.8, 4) is 16.9 Å². The summed E-state index contributed by atoms with van der Waals surface area (Å²) in [5.41, 5.74) is 2.42. The van der Waals surface area contributed by atoms with E-state index in [0.29, 0.717) is 24.2 Å². The topological polar surface area (TPSA) is 130 Å². The Morgan fingerprint density at radius 3 is 2.31 bits per heavy atom. The molecule has 0 unspecified atom stereocenters. The van der Waals surface area contributed by atoms with Crippen molar-refractivity contribution in [2.75, 3.05) is 21.3 Å². The second-order valence-corrected chi connectivity index (χ2v) is 8.03. The first-order valence-corrected chi connectivity index (χ1v) is 11.0. The Balaban J connectivity index is 1.54. The van der Waals surface area contributed by atoms with Crippen LogP contribution in [-0.2, 0) is 19.1 Å². The SMILES string of the molecule is COC(=O)NC(=N)c1ccc(-c2ccc(ON=CC[C@@H]3C[C@H](C(=O)OC)CC(=O)N3C)cc2)cc1. The summed E-state index contributed by atoms with van der Waals surface area (Å²) in [5, 5.41) is 14.2. The van der Waals surface area contributed by atoms with Gasteiger partial charge in [-0.15, -0.1) is 0 Å². The molecule has 184 valence electrons. The summed E-state index contributed by atoms with van der Waals surface area (Å²) in [6.07, 6.45) is 2.04. The fourth-order valence-electron chi connectivity index (χ4n) is 3.75. The molecule has 0 radical (unpaired) electrons. The van der Waals surface area contributed by atoms with E-state index in [4.69, 9.17) is 15.0 Å². The molecule has 2 amide bonds. The zero-order chi connectivity index (χ0) is 25.4. The lowest BCUT2D eigenvalue weighted by Gasteiger charge is -2.35. The highest BCUT2D eigenvalue weighted by atomic mass is 16.6. The highest BCUT2D eigenvalue weighted by Gasteiger charge is 2.35. The number of methoxy groups -OCH3 is 2. The Bertz CT molecular complexity index is 1100. The number of nitrogens with one attached hydrogen (secondary N) is 2. The maximum absolute atomic E-state index is 12.2. The van der Waals surface area contributed by atoms with E-state index in [9.17, 15) is 14.4 Å². The van der Waals surface area contributed by atoms with Gasteiger partial charge in [0.2, 0.25) is 5.91 Å². The number of hydrogen-bond donors (Lipinski definition) is 2. The Labute approximate surface area is 203 Å². The van der Waals surface area contributed by atoms with Crippen LogP contribution < -0.4 is 10.2 Å². The molecule has 1 heterocycles. The molecule has 1 fully saturated rings. The average Bonchev–Trinajstić information content (AvgIpc) is 2.88. The number of alkyl carbamates (subject to hydrolysis) is 1. The predicted molar refractivity (Wildman–Crippen MR) is 129 cm³/mol. The van der Waals surface area contributed by atoms with Crippen LogP contribution in [-0.4, -0.2) is 62.2 Å². The quantitative estimate of drug-likeness (QED) is 0.271. The zero-order valence-electron chi connectivity index (χ0n) is 19.8. The first-order chi connectivity index (χ1) is 16.8. The predicted octanol–water partition coefficient (Wildman–Crippen LogP) is 3.20. The van der Waals surface area contributed by atoms with Crippen molar-refractivity contribution in [3.05, 3.63) is 54.1 Å². The number of oxime groups is 1. The summed E-state index contributed by atoms with van der Waals surface area (Å²) in [6, 6.07) is 14.3. The van der Waals surface area contributed by atoms with Crippen LogP contribution >= 0.6 is 0 Å². The molecule has 1 saturated heterocycles. The van der Waals surface area contributed by atoms with Crippen LogP contribution in [0.4, 0.5) is 4.79 Å². The highest BCUT2D eigenvalue weighted by Crippen LogP contribution is 2.26. The van der Waals surface area contributed by atoms with Gasteiger partial charge in [-0.3, -0.25) is 20.3 Å². The summed E-state index contributed by atoms with van der Waals surface area (Å²) in [6.45, 7) is 0. The molecule has 35 heavy (non-hydrogen) atoms. The Hall–Kier alpha value is -4.21. The smallest absolute Gasteiger partial charge is 0.412 e. The van der Waals surface area contributed by atoms with Crippen LogP contribution in [0.2, 0.25) is 0 Å². The van der Waals surface area contributed by atoms with Gasteiger partial charge in [0.1, 0.15) is 5.84 Å². The fourth-order valence-corrected chi connectivity index (χ4v) is 3.75. The van der Waals surface area contributed by atoms with Crippen LogP contribution in [0.15, 0.2) is 53.7 Å². The maximum Gasteiger partial charge on any atom is 0.412 e. The number of esters is 1. The van der Waals surface area contributed by atoms with Crippen molar-refractivity contribution in [1.82, 2.24) is 10.2 Å². The number of carbonyl (C=O) groups is 3. The molecule has 1 aliphatic heterocycles. The summed E-state index contributed by atoms with van der Waals surface area (Å²) < 4.78 is 9.28. The van der Waals surface area contributed by atoms with Gasteiger partial charge in [-0.2, -0.15) is 0 Å². The molecular formula is C25H28N4O6. The first-order valence-electron chi connectivity index (χ1n) is 11.0. The van der Waals surface area contributed by atoms with Crippen molar-refractivity contribution in [2.45, 2.75) is 25.3 Å². The summed E-state index contributed by atoms with van der Waals surface area (Å²) in [7, 11) is 4.29. The Morgan fingerprint density at radius 1 is 1.09 bits per heavy atom. The van der Waals surface area contributed by atoms with Gasteiger partial charge in [0.05, 0.1) is 20.1 Å². The monoisotopic (exact) mass is 480 g/mol. The van der Waals surface area contributed by atoms with Gasteiger partial charge >= 0.3 is 12.1 Å². The average molecular weight is 481 g/mol. The summed E-state index contributed by atoms with van der Waals surface area (Å²) in [4.78, 5) is 42.3. The fraction of sp³-hybridized carbons (Fsp3) is 0.320. The molecule has 0 saturated carbocycles. The minimum absolute atomic E-state index is 0.0467. The van der Waals surface area contributed by atoms with E-state index in [2.05, 4.69) is 15.2 Å². The number of amidine groups is 1. The van der Waals surface area contributed by atoms with Crippen molar-refractivity contribution in [3.63, 3.8) is 0 Å². The molecule has 2 atom stereocenters. The van der Waals surface area contributed by atoms with E-state index >= 15 is 0 Å². The van der Waals surface area contributed by atoms with Crippen molar-refractivity contribution >= 4 is 30.0 Å². The molecular weight excluding hydrogens is 452 g/mol. The number of ether oxygens (including phenoxy) is 2. The highest BCUT2D eigenvalue weighted by molar-refractivity contribution is 6.04. The van der Waals surface area contributed by atoms with Gasteiger partial charge < -0.3 is 19.2 Å². The number of piperidine rings is 1. The molecule has 0 aliphatic carbocycles. The Morgan fingerprint density at radius 2 is 1.71 bits per heavy atom. The largest absolute Gasteiger partial charge is 0.469 e.